The molecule has 1 aromatic rings. The van der Waals surface area contributed by atoms with Crippen LogP contribution in [0.2, 0.25) is 0 Å². The largest absolute Gasteiger partial charge is 0.465 e. The van der Waals surface area contributed by atoms with Gasteiger partial charge in [0.15, 0.2) is 0 Å². The van der Waals surface area contributed by atoms with Crippen LogP contribution >= 0.6 is 15.9 Å². The lowest BCUT2D eigenvalue weighted by Gasteiger charge is -2.22. The molecule has 1 aliphatic heterocycles. The van der Waals surface area contributed by atoms with Crippen molar-refractivity contribution in [2.75, 3.05) is 44.2 Å². The summed E-state index contributed by atoms with van der Waals surface area (Å²) in [4.78, 5) is 20.4. The fourth-order valence-electron chi connectivity index (χ4n) is 2.30. The fourth-order valence-corrected chi connectivity index (χ4v) is 2.54. The lowest BCUT2D eigenvalue weighted by atomic mass is 10.3. The summed E-state index contributed by atoms with van der Waals surface area (Å²) >= 11 is 3.40. The summed E-state index contributed by atoms with van der Waals surface area (Å²) in [5.41, 5.74) is 0. The van der Waals surface area contributed by atoms with Crippen LogP contribution in [0.25, 0.3) is 0 Å². The lowest BCUT2D eigenvalue weighted by molar-refractivity contribution is -0.144. The molecular formula is C14H20BrN3O2. The summed E-state index contributed by atoms with van der Waals surface area (Å²) in [5, 5.41) is 0. The Labute approximate surface area is 128 Å². The van der Waals surface area contributed by atoms with Crippen molar-refractivity contribution >= 4 is 27.7 Å². The SMILES string of the molecule is CCOC(=O)CN1CCCN(c2ccc(Br)cn2)CC1. The summed E-state index contributed by atoms with van der Waals surface area (Å²) < 4.78 is 5.98. The van der Waals surface area contributed by atoms with Gasteiger partial charge in [-0.3, -0.25) is 9.69 Å². The van der Waals surface area contributed by atoms with Crippen molar-refractivity contribution in [3.8, 4) is 0 Å². The average molecular weight is 342 g/mol. The highest BCUT2D eigenvalue weighted by molar-refractivity contribution is 9.10. The molecule has 6 heteroatoms. The Morgan fingerprint density at radius 2 is 2.20 bits per heavy atom. The van der Waals surface area contributed by atoms with E-state index < -0.39 is 0 Å². The van der Waals surface area contributed by atoms with Gasteiger partial charge in [-0.2, -0.15) is 0 Å². The van der Waals surface area contributed by atoms with Gasteiger partial charge >= 0.3 is 5.97 Å². The predicted molar refractivity (Wildman–Crippen MR) is 81.8 cm³/mol. The minimum atomic E-state index is -0.136. The zero-order chi connectivity index (χ0) is 14.4. The standard InChI is InChI=1S/C14H20BrN3O2/c1-2-20-14(19)11-17-6-3-7-18(9-8-17)13-5-4-12(15)10-16-13/h4-5,10H,2-3,6-9,11H2,1H3. The first-order chi connectivity index (χ1) is 9.69. The van der Waals surface area contributed by atoms with Gasteiger partial charge in [-0.1, -0.05) is 0 Å². The quantitative estimate of drug-likeness (QED) is 0.783. The summed E-state index contributed by atoms with van der Waals surface area (Å²) in [6.45, 7) is 6.29. The van der Waals surface area contributed by atoms with E-state index in [0.29, 0.717) is 13.2 Å². The van der Waals surface area contributed by atoms with E-state index in [1.807, 2.05) is 25.3 Å². The maximum atomic E-state index is 11.5. The normalized spacial score (nSPS) is 16.8. The molecular weight excluding hydrogens is 322 g/mol. The molecule has 20 heavy (non-hydrogen) atoms. The number of rotatable bonds is 4. The molecule has 0 aromatic carbocycles. The fraction of sp³-hybridized carbons (Fsp3) is 0.571. The van der Waals surface area contributed by atoms with E-state index in [4.69, 9.17) is 4.74 Å². The van der Waals surface area contributed by atoms with Crippen molar-refractivity contribution in [3.63, 3.8) is 0 Å². The predicted octanol–water partition coefficient (Wildman–Crippen LogP) is 1.92. The number of nitrogens with zero attached hydrogens (tertiary/aromatic N) is 3. The van der Waals surface area contributed by atoms with Gasteiger partial charge in [0.1, 0.15) is 5.82 Å². The van der Waals surface area contributed by atoms with E-state index in [9.17, 15) is 4.79 Å². The van der Waals surface area contributed by atoms with Gasteiger partial charge in [-0.05, 0) is 41.4 Å². The van der Waals surface area contributed by atoms with Crippen molar-refractivity contribution in [1.82, 2.24) is 9.88 Å². The first-order valence-corrected chi connectivity index (χ1v) is 7.73. The monoisotopic (exact) mass is 341 g/mol. The van der Waals surface area contributed by atoms with Crippen molar-refractivity contribution in [2.24, 2.45) is 0 Å². The lowest BCUT2D eigenvalue weighted by Crippen LogP contribution is -2.35. The van der Waals surface area contributed by atoms with Gasteiger partial charge in [0.2, 0.25) is 0 Å². The number of hydrogen-bond donors (Lipinski definition) is 0. The minimum absolute atomic E-state index is 0.136. The van der Waals surface area contributed by atoms with E-state index >= 15 is 0 Å². The van der Waals surface area contributed by atoms with Crippen LogP contribution in [0.1, 0.15) is 13.3 Å². The molecule has 5 nitrogen and oxygen atoms in total. The van der Waals surface area contributed by atoms with Gasteiger partial charge in [0, 0.05) is 36.8 Å². The summed E-state index contributed by atoms with van der Waals surface area (Å²) in [6, 6.07) is 4.02. The van der Waals surface area contributed by atoms with Crippen LogP contribution in [0.3, 0.4) is 0 Å². The van der Waals surface area contributed by atoms with Crippen LogP contribution in [0.5, 0.6) is 0 Å². The van der Waals surface area contributed by atoms with Gasteiger partial charge < -0.3 is 9.64 Å². The molecule has 2 heterocycles. The number of anilines is 1. The Morgan fingerprint density at radius 3 is 2.90 bits per heavy atom. The smallest absolute Gasteiger partial charge is 0.320 e. The highest BCUT2D eigenvalue weighted by Crippen LogP contribution is 2.16. The van der Waals surface area contributed by atoms with Crippen LogP contribution in [-0.4, -0.2) is 55.2 Å². The summed E-state index contributed by atoms with van der Waals surface area (Å²) in [7, 11) is 0. The first kappa shape index (κ1) is 15.3. The third-order valence-electron chi connectivity index (χ3n) is 3.28. The third kappa shape index (κ3) is 4.45. The highest BCUT2D eigenvalue weighted by Gasteiger charge is 2.18. The Hall–Kier alpha value is -1.14. The maximum absolute atomic E-state index is 11.5. The molecule has 0 amide bonds. The molecule has 1 saturated heterocycles. The Balaban J connectivity index is 1.88. The van der Waals surface area contributed by atoms with Gasteiger partial charge in [0.25, 0.3) is 0 Å². The summed E-state index contributed by atoms with van der Waals surface area (Å²) in [5.74, 6) is 0.855. The second-order valence-corrected chi connectivity index (χ2v) is 5.67. The molecule has 110 valence electrons. The molecule has 0 unspecified atom stereocenters. The van der Waals surface area contributed by atoms with Crippen LogP contribution in [0.4, 0.5) is 5.82 Å². The van der Waals surface area contributed by atoms with E-state index in [1.54, 1.807) is 0 Å². The van der Waals surface area contributed by atoms with E-state index in [2.05, 4.69) is 30.7 Å². The van der Waals surface area contributed by atoms with Crippen molar-refractivity contribution < 1.29 is 9.53 Å². The van der Waals surface area contributed by atoms with E-state index in [0.717, 1.165) is 42.9 Å². The second-order valence-electron chi connectivity index (χ2n) is 4.76. The van der Waals surface area contributed by atoms with Gasteiger partial charge in [-0.15, -0.1) is 0 Å². The maximum Gasteiger partial charge on any atom is 0.320 e. The topological polar surface area (TPSA) is 45.7 Å². The molecule has 0 aliphatic carbocycles. The Bertz CT molecular complexity index is 439. The molecule has 0 N–H and O–H groups in total. The molecule has 0 bridgehead atoms. The number of esters is 1. The van der Waals surface area contributed by atoms with Crippen molar-refractivity contribution in [2.45, 2.75) is 13.3 Å². The zero-order valence-corrected chi connectivity index (χ0v) is 13.3. The Kier molecular flexibility index (Phi) is 5.79. The third-order valence-corrected chi connectivity index (χ3v) is 3.75. The molecule has 2 rings (SSSR count). The zero-order valence-electron chi connectivity index (χ0n) is 11.7. The molecule has 1 aromatic heterocycles. The van der Waals surface area contributed by atoms with Crippen LogP contribution < -0.4 is 4.90 Å². The number of aromatic nitrogens is 1. The Morgan fingerprint density at radius 1 is 1.35 bits per heavy atom. The number of pyridine rings is 1. The van der Waals surface area contributed by atoms with Crippen molar-refractivity contribution in [3.05, 3.63) is 22.8 Å². The molecule has 0 atom stereocenters. The van der Waals surface area contributed by atoms with Crippen LogP contribution in [-0.2, 0) is 9.53 Å². The van der Waals surface area contributed by atoms with Gasteiger partial charge in [0.05, 0.1) is 13.2 Å². The number of carbonyl (C=O) groups excluding carboxylic acids is 1. The number of carbonyl (C=O) groups is 1. The molecule has 0 saturated carbocycles. The van der Waals surface area contributed by atoms with Crippen molar-refractivity contribution in [1.29, 1.82) is 0 Å². The summed E-state index contributed by atoms with van der Waals surface area (Å²) in [6.07, 6.45) is 2.84. The molecule has 0 spiro atoms. The van der Waals surface area contributed by atoms with Crippen LogP contribution in [0.15, 0.2) is 22.8 Å². The molecule has 0 radical (unpaired) electrons. The van der Waals surface area contributed by atoms with E-state index in [1.165, 1.54) is 0 Å². The highest BCUT2D eigenvalue weighted by atomic mass is 79.9. The minimum Gasteiger partial charge on any atom is -0.465 e. The van der Waals surface area contributed by atoms with E-state index in [-0.39, 0.29) is 5.97 Å². The number of hydrogen-bond acceptors (Lipinski definition) is 5. The number of halogens is 1. The molecule has 1 fully saturated rings. The van der Waals surface area contributed by atoms with Gasteiger partial charge in [-0.25, -0.2) is 4.98 Å². The number of ether oxygens (including phenoxy) is 1. The van der Waals surface area contributed by atoms with Crippen LogP contribution in [0, 0.1) is 0 Å². The average Bonchev–Trinajstić information content (AvgIpc) is 2.66. The first-order valence-electron chi connectivity index (χ1n) is 6.93. The molecule has 1 aliphatic rings. The second kappa shape index (κ2) is 7.59.